The number of benzene rings is 1. The highest BCUT2D eigenvalue weighted by atomic mass is 16.6. The van der Waals surface area contributed by atoms with Crippen LogP contribution in [0.5, 0.6) is 5.75 Å². The standard InChI is InChI=1S/C18H28N2O3/c1-13(19-14-7-9-16(21)10-8-14)12-15-6-5-11-20(15)17(22)23-18(2,3)4/h7-10,13,15,19,21H,5-6,11-12H2,1-4H3. The van der Waals surface area contributed by atoms with Gasteiger partial charge in [0, 0.05) is 24.3 Å². The fraction of sp³-hybridized carbons (Fsp3) is 0.611. The average molecular weight is 320 g/mol. The SMILES string of the molecule is CC(CC1CCCN1C(=O)OC(C)(C)C)Nc1ccc(O)cc1. The molecule has 0 bridgehead atoms. The second kappa shape index (κ2) is 7.11. The van der Waals surface area contributed by atoms with Gasteiger partial charge in [-0.2, -0.15) is 0 Å². The third-order valence-corrected chi connectivity index (χ3v) is 3.91. The Morgan fingerprint density at radius 1 is 1.39 bits per heavy atom. The molecular weight excluding hydrogens is 292 g/mol. The summed E-state index contributed by atoms with van der Waals surface area (Å²) in [7, 11) is 0. The van der Waals surface area contributed by atoms with Crippen molar-refractivity contribution in [3.63, 3.8) is 0 Å². The number of aromatic hydroxyl groups is 1. The van der Waals surface area contributed by atoms with Crippen molar-refractivity contribution in [2.45, 2.75) is 64.6 Å². The van der Waals surface area contributed by atoms with Crippen LogP contribution in [0.15, 0.2) is 24.3 Å². The van der Waals surface area contributed by atoms with Gasteiger partial charge >= 0.3 is 6.09 Å². The van der Waals surface area contributed by atoms with Gasteiger partial charge in [0.15, 0.2) is 0 Å². The van der Waals surface area contributed by atoms with Crippen LogP contribution in [-0.2, 0) is 4.74 Å². The summed E-state index contributed by atoms with van der Waals surface area (Å²) in [5.41, 5.74) is 0.511. The first kappa shape index (κ1) is 17.4. The summed E-state index contributed by atoms with van der Waals surface area (Å²) in [6.07, 6.45) is 2.70. The van der Waals surface area contributed by atoms with Crippen LogP contribution in [0.25, 0.3) is 0 Å². The van der Waals surface area contributed by atoms with E-state index in [0.29, 0.717) is 0 Å². The van der Waals surface area contributed by atoms with Crippen molar-refractivity contribution in [1.82, 2.24) is 4.90 Å². The number of hydrogen-bond donors (Lipinski definition) is 2. The number of carbonyl (C=O) groups is 1. The van der Waals surface area contributed by atoms with Gasteiger partial charge in [-0.05, 0) is 71.2 Å². The molecule has 1 aromatic carbocycles. The Kier molecular flexibility index (Phi) is 5.39. The summed E-state index contributed by atoms with van der Waals surface area (Å²) in [4.78, 5) is 14.2. The van der Waals surface area contributed by atoms with E-state index < -0.39 is 5.60 Å². The summed E-state index contributed by atoms with van der Waals surface area (Å²) in [6.45, 7) is 8.56. The molecule has 2 rings (SSSR count). The van der Waals surface area contributed by atoms with Crippen LogP contribution in [0.3, 0.4) is 0 Å². The molecule has 0 spiro atoms. The molecular formula is C18H28N2O3. The largest absolute Gasteiger partial charge is 0.508 e. The lowest BCUT2D eigenvalue weighted by Crippen LogP contribution is -2.41. The van der Waals surface area contributed by atoms with E-state index in [1.165, 1.54) is 0 Å². The van der Waals surface area contributed by atoms with Crippen LogP contribution >= 0.6 is 0 Å². The lowest BCUT2D eigenvalue weighted by molar-refractivity contribution is 0.0218. The van der Waals surface area contributed by atoms with Gasteiger partial charge in [-0.15, -0.1) is 0 Å². The quantitative estimate of drug-likeness (QED) is 0.824. The molecule has 1 saturated heterocycles. The third kappa shape index (κ3) is 5.34. The van der Waals surface area contributed by atoms with Crippen LogP contribution in [0, 0.1) is 0 Å². The Morgan fingerprint density at radius 2 is 2.04 bits per heavy atom. The molecule has 2 atom stereocenters. The zero-order chi connectivity index (χ0) is 17.0. The zero-order valence-electron chi connectivity index (χ0n) is 14.5. The summed E-state index contributed by atoms with van der Waals surface area (Å²) in [6, 6.07) is 7.48. The number of amides is 1. The van der Waals surface area contributed by atoms with Crippen LogP contribution in [-0.4, -0.2) is 40.3 Å². The van der Waals surface area contributed by atoms with Gasteiger partial charge in [0.05, 0.1) is 0 Å². The molecule has 1 aliphatic rings. The van der Waals surface area contributed by atoms with E-state index in [4.69, 9.17) is 4.74 Å². The molecule has 0 aromatic heterocycles. The van der Waals surface area contributed by atoms with Gasteiger partial charge in [0.2, 0.25) is 0 Å². The minimum absolute atomic E-state index is 0.211. The number of phenols is 1. The molecule has 2 N–H and O–H groups in total. The molecule has 0 aliphatic carbocycles. The first-order valence-corrected chi connectivity index (χ1v) is 8.30. The van der Waals surface area contributed by atoms with Gasteiger partial charge < -0.3 is 20.1 Å². The molecule has 1 fully saturated rings. The number of nitrogens with zero attached hydrogens (tertiary/aromatic N) is 1. The highest BCUT2D eigenvalue weighted by Crippen LogP contribution is 2.25. The van der Waals surface area contributed by atoms with Crippen LogP contribution in [0.1, 0.15) is 47.0 Å². The molecule has 1 heterocycles. The van der Waals surface area contributed by atoms with E-state index in [9.17, 15) is 9.90 Å². The van der Waals surface area contributed by atoms with Crippen molar-refractivity contribution >= 4 is 11.8 Å². The summed E-state index contributed by atoms with van der Waals surface area (Å²) in [5, 5.41) is 12.7. The molecule has 128 valence electrons. The second-order valence-corrected chi connectivity index (χ2v) is 7.30. The first-order valence-electron chi connectivity index (χ1n) is 8.30. The molecule has 0 radical (unpaired) electrons. The number of ether oxygens (including phenoxy) is 1. The van der Waals surface area contributed by atoms with Crippen molar-refractivity contribution in [2.75, 3.05) is 11.9 Å². The second-order valence-electron chi connectivity index (χ2n) is 7.30. The van der Waals surface area contributed by atoms with Crippen molar-refractivity contribution in [3.05, 3.63) is 24.3 Å². The number of carbonyl (C=O) groups excluding carboxylic acids is 1. The molecule has 23 heavy (non-hydrogen) atoms. The lowest BCUT2D eigenvalue weighted by Gasteiger charge is -2.30. The molecule has 0 saturated carbocycles. The van der Waals surface area contributed by atoms with Gasteiger partial charge in [-0.1, -0.05) is 0 Å². The van der Waals surface area contributed by atoms with Crippen LogP contribution < -0.4 is 5.32 Å². The maximum Gasteiger partial charge on any atom is 0.410 e. The van der Waals surface area contributed by atoms with Crippen LogP contribution in [0.4, 0.5) is 10.5 Å². The Bertz CT molecular complexity index is 522. The highest BCUT2D eigenvalue weighted by Gasteiger charge is 2.32. The van der Waals surface area contributed by atoms with Gasteiger partial charge in [-0.25, -0.2) is 4.79 Å². The molecule has 1 aromatic rings. The summed E-state index contributed by atoms with van der Waals surface area (Å²) in [5.74, 6) is 0.259. The molecule has 5 heteroatoms. The van der Waals surface area contributed by atoms with Crippen molar-refractivity contribution in [2.24, 2.45) is 0 Å². The number of hydrogen-bond acceptors (Lipinski definition) is 4. The molecule has 1 amide bonds. The fourth-order valence-electron chi connectivity index (χ4n) is 2.95. The van der Waals surface area contributed by atoms with Gasteiger partial charge in [0.25, 0.3) is 0 Å². The van der Waals surface area contributed by atoms with Crippen molar-refractivity contribution < 1.29 is 14.6 Å². The average Bonchev–Trinajstić information content (AvgIpc) is 2.87. The highest BCUT2D eigenvalue weighted by molar-refractivity contribution is 5.69. The van der Waals surface area contributed by atoms with Crippen LogP contribution in [0.2, 0.25) is 0 Å². The Morgan fingerprint density at radius 3 is 2.65 bits per heavy atom. The number of phenolic OH excluding ortho intramolecular Hbond substituents is 1. The van der Waals surface area contributed by atoms with E-state index in [-0.39, 0.29) is 23.9 Å². The zero-order valence-corrected chi connectivity index (χ0v) is 14.5. The van der Waals surface area contributed by atoms with E-state index in [1.54, 1.807) is 12.1 Å². The van der Waals surface area contributed by atoms with Gasteiger partial charge in [-0.3, -0.25) is 0 Å². The normalized spacial score (nSPS) is 19.5. The molecule has 2 unspecified atom stereocenters. The smallest absolute Gasteiger partial charge is 0.410 e. The number of rotatable bonds is 4. The maximum atomic E-state index is 12.3. The minimum atomic E-state index is -0.458. The maximum absolute atomic E-state index is 12.3. The number of likely N-dealkylation sites (tertiary alicyclic amines) is 1. The van der Waals surface area contributed by atoms with Crippen molar-refractivity contribution in [3.8, 4) is 5.75 Å². The first-order chi connectivity index (χ1) is 10.7. The summed E-state index contributed by atoms with van der Waals surface area (Å²) < 4.78 is 5.50. The Hall–Kier alpha value is -1.91. The minimum Gasteiger partial charge on any atom is -0.508 e. The predicted molar refractivity (Wildman–Crippen MR) is 91.8 cm³/mol. The fourth-order valence-corrected chi connectivity index (χ4v) is 2.95. The topological polar surface area (TPSA) is 61.8 Å². The predicted octanol–water partition coefficient (Wildman–Crippen LogP) is 3.98. The number of anilines is 1. The Labute approximate surface area is 138 Å². The Balaban J connectivity index is 1.90. The van der Waals surface area contributed by atoms with E-state index in [0.717, 1.165) is 31.5 Å². The lowest BCUT2D eigenvalue weighted by atomic mass is 10.1. The summed E-state index contributed by atoms with van der Waals surface area (Å²) >= 11 is 0. The van der Waals surface area contributed by atoms with Gasteiger partial charge in [0.1, 0.15) is 11.4 Å². The number of nitrogens with one attached hydrogen (secondary N) is 1. The van der Waals surface area contributed by atoms with E-state index in [2.05, 4.69) is 12.2 Å². The molecule has 5 nitrogen and oxygen atoms in total. The third-order valence-electron chi connectivity index (χ3n) is 3.91. The monoisotopic (exact) mass is 320 g/mol. The van der Waals surface area contributed by atoms with E-state index in [1.807, 2.05) is 37.8 Å². The van der Waals surface area contributed by atoms with E-state index >= 15 is 0 Å². The molecule has 1 aliphatic heterocycles. The van der Waals surface area contributed by atoms with Crippen molar-refractivity contribution in [1.29, 1.82) is 0 Å².